The van der Waals surface area contributed by atoms with Crippen LogP contribution in [0.2, 0.25) is 0 Å². The van der Waals surface area contributed by atoms with Gasteiger partial charge in [0.25, 0.3) is 0 Å². The molecule has 0 aliphatic rings. The van der Waals surface area contributed by atoms with Crippen LogP contribution in [0.3, 0.4) is 0 Å². The van der Waals surface area contributed by atoms with Crippen molar-refractivity contribution in [2.24, 2.45) is 11.7 Å². The molecule has 0 spiro atoms. The van der Waals surface area contributed by atoms with Crippen LogP contribution in [-0.4, -0.2) is 19.0 Å². The van der Waals surface area contributed by atoms with E-state index < -0.39 is 0 Å². The van der Waals surface area contributed by atoms with Gasteiger partial charge in [-0.3, -0.25) is 4.79 Å². The summed E-state index contributed by atoms with van der Waals surface area (Å²) in [6.07, 6.45) is 4.31. The fourth-order valence-corrected chi connectivity index (χ4v) is 2.94. The van der Waals surface area contributed by atoms with Crippen LogP contribution < -0.4 is 11.1 Å². The monoisotopic (exact) mass is 324 g/mol. The Bertz CT molecular complexity index is 542. The molecule has 2 aromatic carbocycles. The van der Waals surface area contributed by atoms with Gasteiger partial charge in [0, 0.05) is 13.0 Å². The number of amides is 1. The summed E-state index contributed by atoms with van der Waals surface area (Å²) in [7, 11) is 0. The molecule has 0 heterocycles. The van der Waals surface area contributed by atoms with Gasteiger partial charge in [-0.05, 0) is 49.3 Å². The predicted molar refractivity (Wildman–Crippen MR) is 99.7 cm³/mol. The van der Waals surface area contributed by atoms with Gasteiger partial charge in [0.1, 0.15) is 0 Å². The van der Waals surface area contributed by atoms with Crippen LogP contribution in [0.25, 0.3) is 0 Å². The number of rotatable bonds is 10. The van der Waals surface area contributed by atoms with Gasteiger partial charge >= 0.3 is 0 Å². The first kappa shape index (κ1) is 18.2. The van der Waals surface area contributed by atoms with E-state index in [1.807, 2.05) is 12.1 Å². The number of benzene rings is 2. The second-order valence-electron chi connectivity index (χ2n) is 6.30. The number of carbonyl (C=O) groups is 1. The Morgan fingerprint density at radius 1 is 0.875 bits per heavy atom. The minimum Gasteiger partial charge on any atom is -0.356 e. The van der Waals surface area contributed by atoms with Crippen molar-refractivity contribution in [1.29, 1.82) is 0 Å². The lowest BCUT2D eigenvalue weighted by atomic mass is 9.89. The Morgan fingerprint density at radius 3 is 1.92 bits per heavy atom. The molecule has 0 aromatic heterocycles. The van der Waals surface area contributed by atoms with Gasteiger partial charge in [-0.1, -0.05) is 60.7 Å². The van der Waals surface area contributed by atoms with E-state index in [2.05, 4.69) is 53.8 Å². The molecule has 2 aromatic rings. The molecule has 0 bridgehead atoms. The third-order valence-corrected chi connectivity index (χ3v) is 4.16. The summed E-state index contributed by atoms with van der Waals surface area (Å²) in [5, 5.41) is 3.03. The summed E-state index contributed by atoms with van der Waals surface area (Å²) in [5.41, 5.74) is 8.06. The van der Waals surface area contributed by atoms with Crippen molar-refractivity contribution in [3.05, 3.63) is 71.8 Å². The van der Waals surface area contributed by atoms with Crippen molar-refractivity contribution >= 4 is 5.91 Å². The Morgan fingerprint density at radius 2 is 1.42 bits per heavy atom. The van der Waals surface area contributed by atoms with Crippen molar-refractivity contribution in [1.82, 2.24) is 5.32 Å². The van der Waals surface area contributed by atoms with Crippen molar-refractivity contribution < 1.29 is 4.79 Å². The molecule has 3 heteroatoms. The van der Waals surface area contributed by atoms with Crippen molar-refractivity contribution in [2.45, 2.75) is 32.1 Å². The van der Waals surface area contributed by atoms with E-state index in [1.165, 1.54) is 11.1 Å². The van der Waals surface area contributed by atoms with Crippen LogP contribution in [0.4, 0.5) is 0 Å². The molecule has 1 amide bonds. The molecule has 3 N–H and O–H groups in total. The van der Waals surface area contributed by atoms with Crippen LogP contribution in [0.1, 0.15) is 30.4 Å². The highest BCUT2D eigenvalue weighted by Crippen LogP contribution is 2.18. The highest BCUT2D eigenvalue weighted by molar-refractivity contribution is 5.76. The van der Waals surface area contributed by atoms with Crippen LogP contribution >= 0.6 is 0 Å². The number of unbranched alkanes of at least 4 members (excludes halogenated alkanes) is 1. The van der Waals surface area contributed by atoms with E-state index in [9.17, 15) is 4.79 Å². The lowest BCUT2D eigenvalue weighted by Gasteiger charge is -2.17. The van der Waals surface area contributed by atoms with Gasteiger partial charge in [0.05, 0.1) is 0 Å². The highest BCUT2D eigenvalue weighted by atomic mass is 16.1. The highest BCUT2D eigenvalue weighted by Gasteiger charge is 2.15. The van der Waals surface area contributed by atoms with E-state index >= 15 is 0 Å². The summed E-state index contributed by atoms with van der Waals surface area (Å²) < 4.78 is 0. The molecule has 0 saturated carbocycles. The van der Waals surface area contributed by atoms with Gasteiger partial charge in [0.15, 0.2) is 0 Å². The maximum absolute atomic E-state index is 12.3. The van der Waals surface area contributed by atoms with E-state index in [4.69, 9.17) is 5.73 Å². The van der Waals surface area contributed by atoms with Crippen molar-refractivity contribution in [3.63, 3.8) is 0 Å². The Balaban J connectivity index is 1.93. The van der Waals surface area contributed by atoms with Crippen LogP contribution in [-0.2, 0) is 17.6 Å². The fraction of sp³-hybridized carbons (Fsp3) is 0.381. The molecule has 0 radical (unpaired) electrons. The summed E-state index contributed by atoms with van der Waals surface area (Å²) in [6.45, 7) is 1.40. The molecule has 0 fully saturated rings. The van der Waals surface area contributed by atoms with E-state index in [0.29, 0.717) is 18.9 Å². The second-order valence-corrected chi connectivity index (χ2v) is 6.30. The summed E-state index contributed by atoms with van der Waals surface area (Å²) in [4.78, 5) is 12.3. The van der Waals surface area contributed by atoms with Crippen molar-refractivity contribution in [3.8, 4) is 0 Å². The average molecular weight is 324 g/mol. The molecule has 24 heavy (non-hydrogen) atoms. The molecule has 0 saturated heterocycles. The summed E-state index contributed by atoms with van der Waals surface area (Å²) >= 11 is 0. The molecular weight excluding hydrogens is 296 g/mol. The number of nitrogens with two attached hydrogens (primary N) is 1. The standard InChI is InChI=1S/C21H28N2O/c22-13-7-8-14-23-21(24)17-20(15-18-9-3-1-4-10-18)16-19-11-5-2-6-12-19/h1-6,9-12,20H,7-8,13-17,22H2,(H,23,24). The normalized spacial score (nSPS) is 10.8. The lowest BCUT2D eigenvalue weighted by molar-refractivity contribution is -0.122. The number of nitrogens with one attached hydrogen (secondary N) is 1. The fourth-order valence-electron chi connectivity index (χ4n) is 2.94. The smallest absolute Gasteiger partial charge is 0.220 e. The minimum atomic E-state index is 0.142. The van der Waals surface area contributed by atoms with Crippen LogP contribution in [0.15, 0.2) is 60.7 Å². The zero-order valence-corrected chi connectivity index (χ0v) is 14.3. The summed E-state index contributed by atoms with van der Waals surface area (Å²) in [5.74, 6) is 0.452. The predicted octanol–water partition coefficient (Wildman–Crippen LogP) is 3.33. The van der Waals surface area contributed by atoms with Gasteiger partial charge in [-0.25, -0.2) is 0 Å². The SMILES string of the molecule is NCCCCNC(=O)CC(Cc1ccccc1)Cc1ccccc1. The minimum absolute atomic E-state index is 0.142. The molecule has 128 valence electrons. The lowest BCUT2D eigenvalue weighted by Crippen LogP contribution is -2.28. The Kier molecular flexibility index (Phi) is 8.05. The topological polar surface area (TPSA) is 55.1 Å². The third-order valence-electron chi connectivity index (χ3n) is 4.16. The molecular formula is C21H28N2O. The maximum Gasteiger partial charge on any atom is 0.220 e. The first-order valence-corrected chi connectivity index (χ1v) is 8.82. The van der Waals surface area contributed by atoms with Gasteiger partial charge in [-0.2, -0.15) is 0 Å². The van der Waals surface area contributed by atoms with Crippen molar-refractivity contribution in [2.75, 3.05) is 13.1 Å². The molecule has 3 nitrogen and oxygen atoms in total. The van der Waals surface area contributed by atoms with Gasteiger partial charge < -0.3 is 11.1 Å². The van der Waals surface area contributed by atoms with E-state index in [-0.39, 0.29) is 5.91 Å². The second kappa shape index (κ2) is 10.6. The third kappa shape index (κ3) is 6.97. The van der Waals surface area contributed by atoms with E-state index in [0.717, 1.165) is 32.2 Å². The molecule has 0 aliphatic heterocycles. The Hall–Kier alpha value is -2.13. The summed E-state index contributed by atoms with van der Waals surface area (Å²) in [6, 6.07) is 20.8. The quantitative estimate of drug-likeness (QED) is 0.659. The maximum atomic E-state index is 12.3. The zero-order valence-electron chi connectivity index (χ0n) is 14.3. The van der Waals surface area contributed by atoms with Gasteiger partial charge in [0.2, 0.25) is 5.91 Å². The molecule has 0 unspecified atom stereocenters. The van der Waals surface area contributed by atoms with Crippen LogP contribution in [0.5, 0.6) is 0 Å². The number of hydrogen-bond donors (Lipinski definition) is 2. The molecule has 0 atom stereocenters. The number of hydrogen-bond acceptors (Lipinski definition) is 2. The van der Waals surface area contributed by atoms with Crippen LogP contribution in [0, 0.1) is 5.92 Å². The average Bonchev–Trinajstić information content (AvgIpc) is 2.60. The Labute approximate surface area is 145 Å². The number of carbonyl (C=O) groups excluding carboxylic acids is 1. The largest absolute Gasteiger partial charge is 0.356 e. The zero-order chi connectivity index (χ0) is 17.0. The first-order valence-electron chi connectivity index (χ1n) is 8.82. The molecule has 0 aliphatic carbocycles. The first-order chi connectivity index (χ1) is 11.8. The van der Waals surface area contributed by atoms with Gasteiger partial charge in [-0.15, -0.1) is 0 Å². The molecule has 2 rings (SSSR count). The van der Waals surface area contributed by atoms with E-state index in [1.54, 1.807) is 0 Å².